The van der Waals surface area contributed by atoms with Crippen molar-refractivity contribution in [3.05, 3.63) is 62.7 Å². The fraction of sp³-hybridized carbons (Fsp3) is 0.375. The lowest BCUT2D eigenvalue weighted by Crippen LogP contribution is -2.46. The summed E-state index contributed by atoms with van der Waals surface area (Å²) in [5.74, 6) is -1.28. The summed E-state index contributed by atoms with van der Waals surface area (Å²) in [6.45, 7) is 4.56. The van der Waals surface area contributed by atoms with E-state index in [0.29, 0.717) is 33.4 Å². The molecule has 1 unspecified atom stereocenters. The maximum atomic E-state index is 14.3. The molecular weight excluding hydrogens is 477 g/mol. The Kier molecular flexibility index (Phi) is 5.17. The van der Waals surface area contributed by atoms with E-state index in [1.165, 1.54) is 16.7 Å². The van der Waals surface area contributed by atoms with E-state index < -0.39 is 45.1 Å². The number of carbonyl (C=O) groups excluding carboxylic acids is 1. The van der Waals surface area contributed by atoms with Gasteiger partial charge in [0.15, 0.2) is 5.60 Å². The Hall–Kier alpha value is -3.15. The number of hydrogen-bond acceptors (Lipinski definition) is 7. The summed E-state index contributed by atoms with van der Waals surface area (Å²) in [4.78, 5) is 30.8. The zero-order valence-electron chi connectivity index (χ0n) is 19.5. The number of rotatable bonds is 4. The highest BCUT2D eigenvalue weighted by atomic mass is 32.2. The molecule has 1 aromatic carbocycles. The third kappa shape index (κ3) is 3.48. The first-order valence-electron chi connectivity index (χ1n) is 11.1. The van der Waals surface area contributed by atoms with Crippen LogP contribution in [0.1, 0.15) is 48.6 Å². The van der Waals surface area contributed by atoms with Crippen molar-refractivity contribution >= 4 is 26.9 Å². The lowest BCUT2D eigenvalue weighted by Gasteiger charge is -2.32. The van der Waals surface area contributed by atoms with Gasteiger partial charge < -0.3 is 9.84 Å². The van der Waals surface area contributed by atoms with Crippen LogP contribution in [0.2, 0.25) is 0 Å². The van der Waals surface area contributed by atoms with Gasteiger partial charge in [-0.2, -0.15) is 0 Å². The van der Waals surface area contributed by atoms with Gasteiger partial charge in [0.1, 0.15) is 12.4 Å². The van der Waals surface area contributed by atoms with E-state index in [2.05, 4.69) is 9.71 Å². The Labute approximate surface area is 200 Å². The number of carbonyl (C=O) groups is 1. The number of aromatic nitrogens is 2. The zero-order valence-corrected chi connectivity index (χ0v) is 20.4. The summed E-state index contributed by atoms with van der Waals surface area (Å²) >= 11 is 0. The van der Waals surface area contributed by atoms with E-state index in [0.717, 1.165) is 6.26 Å². The van der Waals surface area contributed by atoms with E-state index in [9.17, 15) is 27.5 Å². The fourth-order valence-corrected chi connectivity index (χ4v) is 5.93. The van der Waals surface area contributed by atoms with E-state index in [4.69, 9.17) is 4.74 Å². The Morgan fingerprint density at radius 1 is 1.31 bits per heavy atom. The van der Waals surface area contributed by atoms with E-state index in [1.54, 1.807) is 32.9 Å². The zero-order chi connectivity index (χ0) is 25.4. The number of ether oxygens (including phenoxy) is 1. The van der Waals surface area contributed by atoms with Gasteiger partial charge in [-0.25, -0.2) is 27.3 Å². The molecule has 2 N–H and O–H groups in total. The highest BCUT2D eigenvalue weighted by Gasteiger charge is 2.47. The van der Waals surface area contributed by atoms with Crippen molar-refractivity contribution in [1.29, 1.82) is 0 Å². The van der Waals surface area contributed by atoms with Crippen LogP contribution in [0.5, 0.6) is 0 Å². The SMILES string of the molecule is CC[C@@]1(O)C(=O)OCc2c1cc1n(c2=O)C([C@@H](C)NS(C)(=O)=O)c2cc3cc(C)c(F)cc3nc2-1. The van der Waals surface area contributed by atoms with Crippen LogP contribution in [0.15, 0.2) is 29.1 Å². The summed E-state index contributed by atoms with van der Waals surface area (Å²) in [6.07, 6.45) is 1.02. The van der Waals surface area contributed by atoms with Gasteiger partial charge in [-0.05, 0) is 44.0 Å². The third-order valence-corrected chi connectivity index (χ3v) is 7.62. The molecule has 2 aliphatic heterocycles. The van der Waals surface area contributed by atoms with Gasteiger partial charge in [-0.15, -0.1) is 0 Å². The number of nitrogens with zero attached hydrogens (tertiary/aromatic N) is 2. The van der Waals surface area contributed by atoms with Gasteiger partial charge in [0.2, 0.25) is 10.0 Å². The van der Waals surface area contributed by atoms with Crippen LogP contribution in [0.25, 0.3) is 22.3 Å². The highest BCUT2D eigenvalue weighted by Crippen LogP contribution is 2.44. The van der Waals surface area contributed by atoms with Gasteiger partial charge in [-0.3, -0.25) is 9.36 Å². The van der Waals surface area contributed by atoms with Gasteiger partial charge >= 0.3 is 5.97 Å². The van der Waals surface area contributed by atoms with Crippen molar-refractivity contribution in [2.24, 2.45) is 0 Å². The normalized spacial score (nSPS) is 21.9. The highest BCUT2D eigenvalue weighted by molar-refractivity contribution is 7.88. The molecule has 5 rings (SSSR count). The third-order valence-electron chi connectivity index (χ3n) is 6.82. The van der Waals surface area contributed by atoms with Gasteiger partial charge in [0, 0.05) is 28.6 Å². The minimum Gasteiger partial charge on any atom is -0.458 e. The molecule has 3 aromatic rings. The Morgan fingerprint density at radius 3 is 2.69 bits per heavy atom. The summed E-state index contributed by atoms with van der Waals surface area (Å²) in [6, 6.07) is 4.73. The predicted octanol–water partition coefficient (Wildman–Crippen LogP) is 2.01. The molecule has 0 aliphatic carbocycles. The van der Waals surface area contributed by atoms with Gasteiger partial charge in [0.05, 0.1) is 34.8 Å². The molecule has 0 saturated carbocycles. The molecule has 2 aliphatic rings. The second kappa shape index (κ2) is 7.67. The Bertz CT molecular complexity index is 1600. The van der Waals surface area contributed by atoms with Gasteiger partial charge in [-0.1, -0.05) is 6.92 Å². The van der Waals surface area contributed by atoms with Crippen molar-refractivity contribution < 1.29 is 27.4 Å². The minimum atomic E-state index is -3.63. The van der Waals surface area contributed by atoms with Crippen molar-refractivity contribution in [3.63, 3.8) is 0 Å². The molecule has 0 bridgehead atoms. The van der Waals surface area contributed by atoms with Crippen molar-refractivity contribution in [1.82, 2.24) is 14.3 Å². The van der Waals surface area contributed by atoms with Crippen molar-refractivity contribution in [2.75, 3.05) is 6.26 Å². The number of pyridine rings is 2. The van der Waals surface area contributed by atoms with Crippen molar-refractivity contribution in [2.45, 2.75) is 51.5 Å². The maximum Gasteiger partial charge on any atom is 0.343 e. The van der Waals surface area contributed by atoms with Crippen LogP contribution < -0.4 is 10.3 Å². The quantitative estimate of drug-likeness (QED) is 0.524. The fourth-order valence-electron chi connectivity index (χ4n) is 5.12. The molecule has 0 spiro atoms. The Morgan fingerprint density at radius 2 is 2.03 bits per heavy atom. The first-order chi connectivity index (χ1) is 16.4. The average molecular weight is 502 g/mol. The van der Waals surface area contributed by atoms with E-state index in [1.807, 2.05) is 0 Å². The molecule has 35 heavy (non-hydrogen) atoms. The molecule has 9 nitrogen and oxygen atoms in total. The number of sulfonamides is 1. The monoisotopic (exact) mass is 501 g/mol. The van der Waals surface area contributed by atoms with Crippen LogP contribution in [-0.2, 0) is 31.8 Å². The number of aliphatic hydroxyl groups is 1. The molecule has 2 aromatic heterocycles. The van der Waals surface area contributed by atoms with E-state index in [-0.39, 0.29) is 24.2 Å². The number of fused-ring (bicyclic) bond motifs is 5. The molecular formula is C24H24FN3O6S. The van der Waals surface area contributed by atoms with Crippen molar-refractivity contribution in [3.8, 4) is 11.4 Å². The van der Waals surface area contributed by atoms with Crippen LogP contribution in [0.3, 0.4) is 0 Å². The smallest absolute Gasteiger partial charge is 0.343 e. The standard InChI is InChI=1S/C24H24FN3O6S/c1-5-24(31)16-8-19-20-14(7-13-6-11(2)17(25)9-18(13)26-20)21(12(3)27-35(4,32)33)28(19)22(29)15(16)10-34-23(24)30/h6-9,12,21,27,31H,5,10H2,1-4H3/t12-,21?,24+/m1/s1. The number of hydrogen-bond donors (Lipinski definition) is 2. The molecule has 0 radical (unpaired) electrons. The molecule has 184 valence electrons. The number of esters is 1. The largest absolute Gasteiger partial charge is 0.458 e. The molecule has 3 atom stereocenters. The maximum absolute atomic E-state index is 14.3. The minimum absolute atomic E-state index is 0.0142. The van der Waals surface area contributed by atoms with Gasteiger partial charge in [0.25, 0.3) is 5.56 Å². The molecule has 0 saturated heterocycles. The summed E-state index contributed by atoms with van der Waals surface area (Å²) in [5, 5.41) is 11.7. The predicted molar refractivity (Wildman–Crippen MR) is 126 cm³/mol. The van der Waals surface area contributed by atoms with Crippen LogP contribution >= 0.6 is 0 Å². The second-order valence-corrected chi connectivity index (χ2v) is 11.0. The molecule has 0 amide bonds. The first-order valence-corrected chi connectivity index (χ1v) is 13.0. The van der Waals surface area contributed by atoms with E-state index >= 15 is 0 Å². The lowest BCUT2D eigenvalue weighted by atomic mass is 9.86. The molecule has 0 fully saturated rings. The second-order valence-electron chi connectivity index (χ2n) is 9.23. The summed E-state index contributed by atoms with van der Waals surface area (Å²) in [5.41, 5.74) is -0.258. The number of benzene rings is 1. The molecule has 11 heteroatoms. The summed E-state index contributed by atoms with van der Waals surface area (Å²) in [7, 11) is -3.63. The summed E-state index contributed by atoms with van der Waals surface area (Å²) < 4.78 is 47.5. The lowest BCUT2D eigenvalue weighted by molar-refractivity contribution is -0.172. The first kappa shape index (κ1) is 23.6. The van der Waals surface area contributed by atoms with Crippen LogP contribution in [0.4, 0.5) is 4.39 Å². The number of cyclic esters (lactones) is 1. The number of halogens is 1. The topological polar surface area (TPSA) is 128 Å². The average Bonchev–Trinajstić information content (AvgIpc) is 3.09. The van der Waals surface area contributed by atoms with Crippen LogP contribution in [-0.4, -0.2) is 41.3 Å². The number of aryl methyl sites for hydroxylation is 1. The Balaban J connectivity index is 1.85. The number of nitrogens with one attached hydrogen (secondary N) is 1. The van der Waals surface area contributed by atoms with Crippen LogP contribution in [0, 0.1) is 12.7 Å². The molecule has 4 heterocycles.